The topological polar surface area (TPSA) is 66.8 Å². The van der Waals surface area contributed by atoms with Crippen LogP contribution < -0.4 is 4.74 Å². The number of ether oxygens (including phenoxy) is 1. The van der Waals surface area contributed by atoms with Gasteiger partial charge in [0.05, 0.1) is 18.7 Å². The van der Waals surface area contributed by atoms with Gasteiger partial charge in [-0.15, -0.1) is 0 Å². The fourth-order valence-corrected chi connectivity index (χ4v) is 4.39. The van der Waals surface area contributed by atoms with Crippen molar-refractivity contribution in [1.82, 2.24) is 4.90 Å². The van der Waals surface area contributed by atoms with Crippen LogP contribution in [0.3, 0.4) is 0 Å². The summed E-state index contributed by atoms with van der Waals surface area (Å²) in [6.45, 7) is 8.16. The molecule has 6 heteroatoms. The minimum atomic E-state index is -0.980. The zero-order valence-corrected chi connectivity index (χ0v) is 19.9. The molecule has 1 heterocycles. The van der Waals surface area contributed by atoms with Crippen molar-refractivity contribution in [3.8, 4) is 5.75 Å². The number of hydrogen-bond donors (Lipinski definition) is 1. The molecule has 1 unspecified atom stereocenters. The van der Waals surface area contributed by atoms with Crippen LogP contribution in [0.15, 0.2) is 42.0 Å². The van der Waals surface area contributed by atoms with Crippen LogP contribution in [0, 0.1) is 12.7 Å². The Labute approximate surface area is 194 Å². The van der Waals surface area contributed by atoms with Crippen LogP contribution in [0.2, 0.25) is 0 Å². The van der Waals surface area contributed by atoms with E-state index in [9.17, 15) is 19.1 Å². The van der Waals surface area contributed by atoms with Gasteiger partial charge in [-0.3, -0.25) is 9.59 Å². The molecule has 0 aliphatic carbocycles. The molecule has 0 radical (unpaired) electrons. The lowest BCUT2D eigenvalue weighted by Gasteiger charge is -2.26. The predicted molar refractivity (Wildman–Crippen MR) is 127 cm³/mol. The van der Waals surface area contributed by atoms with Crippen molar-refractivity contribution in [2.75, 3.05) is 13.7 Å². The van der Waals surface area contributed by atoms with E-state index in [0.717, 1.165) is 18.4 Å². The molecule has 1 aliphatic heterocycles. The molecule has 2 aromatic rings. The van der Waals surface area contributed by atoms with Crippen molar-refractivity contribution in [2.45, 2.75) is 58.9 Å². The summed E-state index contributed by atoms with van der Waals surface area (Å²) in [6.07, 6.45) is 2.51. The molecular formula is C27H32FNO4. The molecule has 1 amide bonds. The molecule has 3 rings (SSSR count). The van der Waals surface area contributed by atoms with Gasteiger partial charge < -0.3 is 14.7 Å². The molecule has 176 valence electrons. The second-order valence-corrected chi connectivity index (χ2v) is 8.78. The van der Waals surface area contributed by atoms with Crippen molar-refractivity contribution in [3.63, 3.8) is 0 Å². The Bertz CT molecular complexity index is 1090. The first-order valence-electron chi connectivity index (χ1n) is 11.4. The second kappa shape index (κ2) is 10.2. The molecule has 0 saturated carbocycles. The van der Waals surface area contributed by atoms with Gasteiger partial charge in [-0.05, 0) is 48.6 Å². The summed E-state index contributed by atoms with van der Waals surface area (Å²) in [5.74, 6) is -1.53. The minimum Gasteiger partial charge on any atom is -0.507 e. The van der Waals surface area contributed by atoms with E-state index in [0.29, 0.717) is 29.8 Å². The Balaban J connectivity index is 2.23. The van der Waals surface area contributed by atoms with Gasteiger partial charge in [-0.25, -0.2) is 4.39 Å². The number of unbranched alkanes of at least 4 members (excludes halogenated alkanes) is 2. The van der Waals surface area contributed by atoms with E-state index in [-0.39, 0.29) is 22.8 Å². The monoisotopic (exact) mass is 453 g/mol. The average Bonchev–Trinajstić information content (AvgIpc) is 3.03. The molecule has 1 saturated heterocycles. The summed E-state index contributed by atoms with van der Waals surface area (Å²) < 4.78 is 20.4. The molecule has 1 aliphatic rings. The molecule has 1 fully saturated rings. The smallest absolute Gasteiger partial charge is 0.295 e. The summed E-state index contributed by atoms with van der Waals surface area (Å²) in [5.41, 5.74) is 2.12. The third-order valence-electron chi connectivity index (χ3n) is 6.20. The number of carbonyl (C=O) groups is 2. The Morgan fingerprint density at radius 1 is 1.18 bits per heavy atom. The van der Waals surface area contributed by atoms with Crippen LogP contribution in [0.5, 0.6) is 5.75 Å². The largest absolute Gasteiger partial charge is 0.507 e. The number of aliphatic hydroxyl groups is 1. The Hall–Kier alpha value is -3.15. The molecule has 0 bridgehead atoms. The summed E-state index contributed by atoms with van der Waals surface area (Å²) in [7, 11) is 1.58. The Morgan fingerprint density at radius 3 is 2.48 bits per heavy atom. The number of halogens is 1. The maximum Gasteiger partial charge on any atom is 0.295 e. The molecule has 2 aromatic carbocycles. The van der Waals surface area contributed by atoms with Crippen molar-refractivity contribution in [1.29, 1.82) is 0 Å². The standard InChI is InChI=1S/C27H32FNO4/c1-6-7-10-13-29-24(18-11-8-9-12-21(18)28)23(26(31)27(29)32)25(30)20-15-19(16(2)3)22(33-5)14-17(20)4/h8-9,11-12,14-16,24,30H,6-7,10,13H2,1-5H3/b25-23+. The van der Waals surface area contributed by atoms with Crippen molar-refractivity contribution in [2.24, 2.45) is 0 Å². The highest BCUT2D eigenvalue weighted by atomic mass is 19.1. The third kappa shape index (κ3) is 4.65. The van der Waals surface area contributed by atoms with Crippen LogP contribution in [-0.4, -0.2) is 35.4 Å². The van der Waals surface area contributed by atoms with Gasteiger partial charge in [0.15, 0.2) is 0 Å². The first kappa shape index (κ1) is 24.5. The highest BCUT2D eigenvalue weighted by Gasteiger charge is 2.46. The zero-order chi connectivity index (χ0) is 24.3. The van der Waals surface area contributed by atoms with Gasteiger partial charge in [0.25, 0.3) is 11.7 Å². The average molecular weight is 454 g/mol. The maximum absolute atomic E-state index is 14.9. The summed E-state index contributed by atoms with van der Waals surface area (Å²) in [5, 5.41) is 11.4. The number of amides is 1. The Morgan fingerprint density at radius 2 is 1.88 bits per heavy atom. The van der Waals surface area contributed by atoms with Crippen LogP contribution in [0.1, 0.15) is 74.2 Å². The van der Waals surface area contributed by atoms with E-state index in [2.05, 4.69) is 0 Å². The summed E-state index contributed by atoms with van der Waals surface area (Å²) in [6, 6.07) is 8.71. The fraction of sp³-hybridized carbons (Fsp3) is 0.407. The number of nitrogens with zero attached hydrogens (tertiary/aromatic N) is 1. The van der Waals surface area contributed by atoms with Gasteiger partial charge in [0, 0.05) is 17.7 Å². The van der Waals surface area contributed by atoms with Crippen molar-refractivity contribution < 1.29 is 23.8 Å². The van der Waals surface area contributed by atoms with E-state index in [1.807, 2.05) is 20.8 Å². The van der Waals surface area contributed by atoms with Gasteiger partial charge in [0.1, 0.15) is 17.3 Å². The number of Topliss-reactive ketones (excluding diaryl/α,β-unsaturated/α-hetero) is 1. The number of aryl methyl sites for hydroxylation is 1. The summed E-state index contributed by atoms with van der Waals surface area (Å²) >= 11 is 0. The highest BCUT2D eigenvalue weighted by molar-refractivity contribution is 6.46. The van der Waals surface area contributed by atoms with E-state index < -0.39 is 23.5 Å². The van der Waals surface area contributed by atoms with Crippen LogP contribution in [-0.2, 0) is 9.59 Å². The highest BCUT2D eigenvalue weighted by Crippen LogP contribution is 2.42. The van der Waals surface area contributed by atoms with E-state index in [4.69, 9.17) is 4.74 Å². The lowest BCUT2D eigenvalue weighted by molar-refractivity contribution is -0.139. The van der Waals surface area contributed by atoms with Crippen molar-refractivity contribution >= 4 is 17.4 Å². The SMILES string of the molecule is CCCCCN1C(=O)C(=O)/C(=C(/O)c2cc(C(C)C)c(OC)cc2C)C1c1ccccc1F. The first-order valence-corrected chi connectivity index (χ1v) is 11.4. The lowest BCUT2D eigenvalue weighted by Crippen LogP contribution is -2.31. The second-order valence-electron chi connectivity index (χ2n) is 8.78. The van der Waals surface area contributed by atoms with E-state index in [1.165, 1.54) is 11.0 Å². The molecular weight excluding hydrogens is 421 g/mol. The normalized spacial score (nSPS) is 17.8. The van der Waals surface area contributed by atoms with Gasteiger partial charge in [-0.1, -0.05) is 51.8 Å². The number of carbonyl (C=O) groups excluding carboxylic acids is 2. The van der Waals surface area contributed by atoms with E-state index >= 15 is 0 Å². The lowest BCUT2D eigenvalue weighted by atomic mass is 9.91. The maximum atomic E-state index is 14.9. The third-order valence-corrected chi connectivity index (χ3v) is 6.20. The van der Waals surface area contributed by atoms with Crippen molar-refractivity contribution in [3.05, 3.63) is 70.0 Å². The first-order chi connectivity index (χ1) is 15.7. The van der Waals surface area contributed by atoms with Crippen LogP contribution >= 0.6 is 0 Å². The number of aliphatic hydroxyl groups excluding tert-OH is 1. The quantitative estimate of drug-likeness (QED) is 0.235. The van der Waals surface area contributed by atoms with Gasteiger partial charge >= 0.3 is 0 Å². The summed E-state index contributed by atoms with van der Waals surface area (Å²) in [4.78, 5) is 27.5. The number of benzene rings is 2. The molecule has 0 spiro atoms. The fourth-order valence-electron chi connectivity index (χ4n) is 4.39. The Kier molecular flexibility index (Phi) is 7.57. The van der Waals surface area contributed by atoms with Gasteiger partial charge in [0.2, 0.25) is 0 Å². The number of likely N-dealkylation sites (tertiary alicyclic amines) is 1. The van der Waals surface area contributed by atoms with E-state index in [1.54, 1.807) is 44.4 Å². The van der Waals surface area contributed by atoms with Crippen LogP contribution in [0.25, 0.3) is 5.76 Å². The van der Waals surface area contributed by atoms with Crippen LogP contribution in [0.4, 0.5) is 4.39 Å². The molecule has 33 heavy (non-hydrogen) atoms. The zero-order valence-electron chi connectivity index (χ0n) is 19.9. The molecule has 0 aromatic heterocycles. The number of rotatable bonds is 8. The minimum absolute atomic E-state index is 0.0791. The molecule has 5 nitrogen and oxygen atoms in total. The number of ketones is 1. The number of hydrogen-bond acceptors (Lipinski definition) is 4. The molecule has 1 atom stereocenters. The van der Waals surface area contributed by atoms with Gasteiger partial charge in [-0.2, -0.15) is 0 Å². The predicted octanol–water partition coefficient (Wildman–Crippen LogP) is 5.88. The number of methoxy groups -OCH3 is 1. The molecule has 1 N–H and O–H groups in total.